The molecule has 1 aromatic carbocycles. The summed E-state index contributed by atoms with van der Waals surface area (Å²) in [7, 11) is 0. The van der Waals surface area contributed by atoms with E-state index in [1.54, 1.807) is 47.9 Å². The Morgan fingerprint density at radius 2 is 2.15 bits per heavy atom. The van der Waals surface area contributed by atoms with Gasteiger partial charge in [0.15, 0.2) is 6.61 Å². The van der Waals surface area contributed by atoms with E-state index in [2.05, 4.69) is 10.4 Å². The number of nitrogens with zero attached hydrogens (tertiary/aromatic N) is 2. The van der Waals surface area contributed by atoms with Crippen molar-refractivity contribution >= 4 is 52.3 Å². The zero-order valence-electron chi connectivity index (χ0n) is 17.5. The highest BCUT2D eigenvalue weighted by atomic mass is 32.2. The number of furan rings is 1. The summed E-state index contributed by atoms with van der Waals surface area (Å²) < 4.78 is 10.8. The number of amides is 2. The number of hydrogen-bond donors (Lipinski definition) is 1. The smallest absolute Gasteiger partial charge is 0.338 e. The first-order chi connectivity index (χ1) is 16.0. The molecule has 0 bridgehead atoms. The SMILES string of the molecule is CC1Sc2ccc(C(=O)OCC(=O)N3N=C(c4cccs4)CC3c3ccco3)cc2NC1=O. The van der Waals surface area contributed by atoms with Crippen LogP contribution < -0.4 is 5.32 Å². The summed E-state index contributed by atoms with van der Waals surface area (Å²) in [5, 5.41) is 10.4. The standard InChI is InChI=1S/C23H19N3O5S2/c1-13-22(28)24-15-10-14(6-7-20(15)33-13)23(29)31-12-21(27)26-17(18-4-2-8-30-18)11-16(25-26)19-5-3-9-32-19/h2-10,13,17H,11-12H2,1H3,(H,24,28). The van der Waals surface area contributed by atoms with Crippen LogP contribution in [0.25, 0.3) is 0 Å². The third-order valence-corrected chi connectivity index (χ3v) is 7.41. The number of rotatable bonds is 5. The molecule has 0 spiro atoms. The van der Waals surface area contributed by atoms with E-state index in [1.165, 1.54) is 16.8 Å². The van der Waals surface area contributed by atoms with Gasteiger partial charge in [-0.15, -0.1) is 23.1 Å². The van der Waals surface area contributed by atoms with E-state index in [1.807, 2.05) is 24.4 Å². The number of benzene rings is 1. The van der Waals surface area contributed by atoms with E-state index < -0.39 is 24.5 Å². The fourth-order valence-corrected chi connectivity index (χ4v) is 5.30. The number of hydrazone groups is 1. The molecule has 2 unspecified atom stereocenters. The van der Waals surface area contributed by atoms with Gasteiger partial charge in [0.05, 0.1) is 33.4 Å². The zero-order chi connectivity index (χ0) is 22.9. The van der Waals surface area contributed by atoms with Crippen LogP contribution in [0.2, 0.25) is 0 Å². The van der Waals surface area contributed by atoms with Gasteiger partial charge in [0.1, 0.15) is 11.8 Å². The molecule has 2 aliphatic heterocycles. The Hall–Kier alpha value is -3.37. The number of nitrogens with one attached hydrogen (secondary N) is 1. The molecular weight excluding hydrogens is 462 g/mol. The molecule has 0 radical (unpaired) electrons. The van der Waals surface area contributed by atoms with E-state index in [0.29, 0.717) is 17.9 Å². The number of carbonyl (C=O) groups excluding carboxylic acids is 3. The summed E-state index contributed by atoms with van der Waals surface area (Å²) in [6.07, 6.45) is 2.06. The fraction of sp³-hybridized carbons (Fsp3) is 0.217. The number of fused-ring (bicyclic) bond motifs is 1. The maximum atomic E-state index is 13.0. The second-order valence-electron chi connectivity index (χ2n) is 7.53. The van der Waals surface area contributed by atoms with Crippen LogP contribution >= 0.6 is 23.1 Å². The number of anilines is 1. The van der Waals surface area contributed by atoms with Crippen molar-refractivity contribution in [1.29, 1.82) is 0 Å². The van der Waals surface area contributed by atoms with Crippen LogP contribution in [0.4, 0.5) is 5.69 Å². The van der Waals surface area contributed by atoms with Crippen molar-refractivity contribution in [1.82, 2.24) is 5.01 Å². The summed E-state index contributed by atoms with van der Waals surface area (Å²) >= 11 is 2.97. The van der Waals surface area contributed by atoms with Crippen LogP contribution in [-0.2, 0) is 14.3 Å². The van der Waals surface area contributed by atoms with Crippen LogP contribution in [0.5, 0.6) is 0 Å². The first-order valence-corrected chi connectivity index (χ1v) is 12.0. The lowest BCUT2D eigenvalue weighted by Gasteiger charge is -2.22. The highest BCUT2D eigenvalue weighted by molar-refractivity contribution is 8.00. The molecule has 4 heterocycles. The van der Waals surface area contributed by atoms with E-state index >= 15 is 0 Å². The molecule has 2 atom stereocenters. The molecule has 2 aliphatic rings. The number of thioether (sulfide) groups is 1. The van der Waals surface area contributed by atoms with Crippen LogP contribution in [-0.4, -0.2) is 40.4 Å². The normalized spacial score (nSPS) is 19.6. The maximum Gasteiger partial charge on any atom is 0.338 e. The number of carbonyl (C=O) groups is 3. The van der Waals surface area contributed by atoms with E-state index in [0.717, 1.165) is 15.5 Å². The Balaban J connectivity index is 1.29. The Labute approximate surface area is 197 Å². The van der Waals surface area contributed by atoms with Crippen LogP contribution in [0.15, 0.2) is 68.5 Å². The molecule has 0 aliphatic carbocycles. The van der Waals surface area contributed by atoms with Crippen LogP contribution in [0, 0.1) is 0 Å². The van der Waals surface area contributed by atoms with Crippen molar-refractivity contribution in [2.24, 2.45) is 5.10 Å². The molecular formula is C23H19N3O5S2. The summed E-state index contributed by atoms with van der Waals surface area (Å²) in [6, 6.07) is 12.0. The van der Waals surface area contributed by atoms with E-state index in [9.17, 15) is 14.4 Å². The lowest BCUT2D eigenvalue weighted by molar-refractivity contribution is -0.136. The highest BCUT2D eigenvalue weighted by Crippen LogP contribution is 2.36. The van der Waals surface area contributed by atoms with Gasteiger partial charge in [-0.25, -0.2) is 9.80 Å². The largest absolute Gasteiger partial charge is 0.467 e. The van der Waals surface area contributed by atoms with Crippen molar-refractivity contribution in [3.8, 4) is 0 Å². The predicted molar refractivity (Wildman–Crippen MR) is 124 cm³/mol. The minimum absolute atomic E-state index is 0.120. The number of esters is 1. The molecule has 168 valence electrons. The second kappa shape index (κ2) is 8.87. The predicted octanol–water partition coefficient (Wildman–Crippen LogP) is 4.31. The second-order valence-corrected chi connectivity index (χ2v) is 9.86. The summed E-state index contributed by atoms with van der Waals surface area (Å²) in [5.74, 6) is -0.611. The highest BCUT2D eigenvalue weighted by Gasteiger charge is 2.35. The van der Waals surface area contributed by atoms with Gasteiger partial charge in [0, 0.05) is 11.3 Å². The summed E-state index contributed by atoms with van der Waals surface area (Å²) in [5.41, 5.74) is 1.60. The molecule has 0 saturated carbocycles. The van der Waals surface area contributed by atoms with E-state index in [-0.39, 0.29) is 16.7 Å². The van der Waals surface area contributed by atoms with E-state index in [4.69, 9.17) is 9.15 Å². The Kier molecular flexibility index (Phi) is 5.77. The molecule has 0 saturated heterocycles. The number of ether oxygens (including phenoxy) is 1. The average molecular weight is 482 g/mol. The fourth-order valence-electron chi connectivity index (χ4n) is 3.65. The molecule has 1 N–H and O–H groups in total. The van der Waals surface area contributed by atoms with Gasteiger partial charge >= 0.3 is 5.97 Å². The molecule has 10 heteroatoms. The number of thiophene rings is 1. The van der Waals surface area contributed by atoms with Crippen molar-refractivity contribution in [3.05, 3.63) is 70.3 Å². The summed E-state index contributed by atoms with van der Waals surface area (Å²) in [6.45, 7) is 1.35. The molecule has 2 amide bonds. The number of hydrogen-bond acceptors (Lipinski definition) is 8. The lowest BCUT2D eigenvalue weighted by Crippen LogP contribution is -2.31. The van der Waals surface area contributed by atoms with Crippen LogP contribution in [0.3, 0.4) is 0 Å². The van der Waals surface area contributed by atoms with Crippen molar-refractivity contribution < 1.29 is 23.5 Å². The topological polar surface area (TPSA) is 101 Å². The minimum atomic E-state index is -0.653. The zero-order valence-corrected chi connectivity index (χ0v) is 19.2. The molecule has 0 fully saturated rings. The Bertz CT molecular complexity index is 1240. The van der Waals surface area contributed by atoms with Crippen molar-refractivity contribution in [2.45, 2.75) is 29.5 Å². The Morgan fingerprint density at radius 3 is 2.91 bits per heavy atom. The van der Waals surface area contributed by atoms with Gasteiger partial charge < -0.3 is 14.5 Å². The first kappa shape index (κ1) is 21.5. The van der Waals surface area contributed by atoms with Gasteiger partial charge in [0.25, 0.3) is 5.91 Å². The van der Waals surface area contributed by atoms with Crippen molar-refractivity contribution in [2.75, 3.05) is 11.9 Å². The molecule has 3 aromatic rings. The third-order valence-electron chi connectivity index (χ3n) is 5.32. The first-order valence-electron chi connectivity index (χ1n) is 10.2. The molecule has 2 aromatic heterocycles. The average Bonchev–Trinajstić information content (AvgIpc) is 3.58. The third kappa shape index (κ3) is 4.31. The molecule has 8 nitrogen and oxygen atoms in total. The summed E-state index contributed by atoms with van der Waals surface area (Å²) in [4.78, 5) is 39.3. The quantitative estimate of drug-likeness (QED) is 0.545. The van der Waals surface area contributed by atoms with Gasteiger partial charge in [-0.3, -0.25) is 9.59 Å². The van der Waals surface area contributed by atoms with Gasteiger partial charge in [-0.05, 0) is 48.7 Å². The minimum Gasteiger partial charge on any atom is -0.467 e. The lowest BCUT2D eigenvalue weighted by atomic mass is 10.1. The monoisotopic (exact) mass is 481 g/mol. The van der Waals surface area contributed by atoms with Crippen LogP contribution in [0.1, 0.15) is 40.4 Å². The Morgan fingerprint density at radius 1 is 1.27 bits per heavy atom. The van der Waals surface area contributed by atoms with Gasteiger partial charge in [-0.2, -0.15) is 5.10 Å². The molecule has 33 heavy (non-hydrogen) atoms. The van der Waals surface area contributed by atoms with Gasteiger partial charge in [-0.1, -0.05) is 6.07 Å². The molecule has 5 rings (SSSR count). The van der Waals surface area contributed by atoms with Gasteiger partial charge in [0.2, 0.25) is 5.91 Å². The van der Waals surface area contributed by atoms with Crippen molar-refractivity contribution in [3.63, 3.8) is 0 Å². The maximum absolute atomic E-state index is 13.0.